The van der Waals surface area contributed by atoms with E-state index >= 15 is 0 Å². The molecule has 0 spiro atoms. The average Bonchev–Trinajstić information content (AvgIpc) is 3.03. The van der Waals surface area contributed by atoms with E-state index in [1.807, 2.05) is 6.07 Å². The molecule has 0 unspecified atom stereocenters. The van der Waals surface area contributed by atoms with Gasteiger partial charge in [0.2, 0.25) is 12.3 Å². The molecular weight excluding hydrogens is 332 g/mol. The first-order chi connectivity index (χ1) is 12.0. The highest BCUT2D eigenvalue weighted by Gasteiger charge is 2.45. The summed E-state index contributed by atoms with van der Waals surface area (Å²) in [4.78, 5) is 22.3. The van der Waals surface area contributed by atoms with Gasteiger partial charge in [0.05, 0.1) is 11.8 Å². The third-order valence-electron chi connectivity index (χ3n) is 3.91. The van der Waals surface area contributed by atoms with Gasteiger partial charge in [-0.15, -0.1) is 10.2 Å². The van der Waals surface area contributed by atoms with Gasteiger partial charge in [-0.2, -0.15) is 0 Å². The molecule has 10 nitrogen and oxygen atoms in total. The van der Waals surface area contributed by atoms with Crippen molar-refractivity contribution in [2.45, 2.75) is 24.9 Å². The number of fused-ring (bicyclic) bond motifs is 1. The predicted molar refractivity (Wildman–Crippen MR) is 81.7 cm³/mol. The number of hydrogen-bond donors (Lipinski definition) is 3. The van der Waals surface area contributed by atoms with Crippen LogP contribution in [0.1, 0.15) is 12.8 Å². The van der Waals surface area contributed by atoms with Gasteiger partial charge in [-0.25, -0.2) is 9.59 Å². The maximum Gasteiger partial charge on any atom is 0.414 e. The standard InChI is InChI=1S/C13H14N4O2.C2H2O4/c1-8-3-12(8)16-10(1)6-18-11-2-9(4-14-5-11)13-17-15-7-19-13;3-1(4)2(5)6/h2,4-5,7-8,10,12,16H,1,3,6H2;(H,3,4)(H,5,6)/t8-,10-,12+;/m0./s1. The number of nitrogens with zero attached hydrogens (tertiary/aromatic N) is 3. The second-order valence-corrected chi connectivity index (χ2v) is 5.78. The zero-order chi connectivity index (χ0) is 17.8. The van der Waals surface area contributed by atoms with E-state index in [-0.39, 0.29) is 0 Å². The van der Waals surface area contributed by atoms with Crippen molar-refractivity contribution in [1.29, 1.82) is 0 Å². The van der Waals surface area contributed by atoms with Gasteiger partial charge in [-0.1, -0.05) is 0 Å². The molecule has 1 saturated heterocycles. The smallest absolute Gasteiger partial charge is 0.414 e. The highest BCUT2D eigenvalue weighted by Crippen LogP contribution is 2.40. The van der Waals surface area contributed by atoms with Crippen molar-refractivity contribution in [2.75, 3.05) is 6.61 Å². The minimum absolute atomic E-state index is 0.457. The van der Waals surface area contributed by atoms with E-state index in [1.54, 1.807) is 12.4 Å². The van der Waals surface area contributed by atoms with E-state index < -0.39 is 11.9 Å². The Balaban J connectivity index is 0.000000265. The minimum atomic E-state index is -1.82. The van der Waals surface area contributed by atoms with Gasteiger partial charge in [0.25, 0.3) is 0 Å². The number of nitrogens with one attached hydrogen (secondary N) is 1. The monoisotopic (exact) mass is 348 g/mol. The fourth-order valence-electron chi connectivity index (χ4n) is 2.67. The van der Waals surface area contributed by atoms with Gasteiger partial charge < -0.3 is 24.7 Å². The Morgan fingerprint density at radius 3 is 2.68 bits per heavy atom. The van der Waals surface area contributed by atoms with Crippen molar-refractivity contribution in [2.24, 2.45) is 5.92 Å². The van der Waals surface area contributed by atoms with E-state index in [0.717, 1.165) is 23.3 Å². The summed E-state index contributed by atoms with van der Waals surface area (Å²) >= 11 is 0. The van der Waals surface area contributed by atoms with E-state index in [4.69, 9.17) is 29.0 Å². The number of carboxylic acids is 2. The van der Waals surface area contributed by atoms with Gasteiger partial charge in [0.15, 0.2) is 0 Å². The number of carboxylic acid groups (broad SMARTS) is 2. The van der Waals surface area contributed by atoms with Crippen LogP contribution in [0.25, 0.3) is 11.5 Å². The number of ether oxygens (including phenoxy) is 1. The largest absolute Gasteiger partial charge is 0.490 e. The number of pyridine rings is 1. The number of rotatable bonds is 4. The summed E-state index contributed by atoms with van der Waals surface area (Å²) in [5.74, 6) is -1.57. The molecule has 1 saturated carbocycles. The lowest BCUT2D eigenvalue weighted by Gasteiger charge is -2.14. The quantitative estimate of drug-likeness (QED) is 0.664. The van der Waals surface area contributed by atoms with Gasteiger partial charge in [0, 0.05) is 18.3 Å². The fourth-order valence-corrected chi connectivity index (χ4v) is 2.67. The zero-order valence-corrected chi connectivity index (χ0v) is 13.0. The number of piperidine rings is 1. The molecule has 2 fully saturated rings. The number of carbonyl (C=O) groups is 2. The van der Waals surface area contributed by atoms with Crippen molar-refractivity contribution in [3.63, 3.8) is 0 Å². The maximum absolute atomic E-state index is 9.10. The normalized spacial score (nSPS) is 23.1. The van der Waals surface area contributed by atoms with Crippen molar-refractivity contribution < 1.29 is 29.0 Å². The third-order valence-corrected chi connectivity index (χ3v) is 3.91. The van der Waals surface area contributed by atoms with Crippen LogP contribution in [0.5, 0.6) is 5.75 Å². The highest BCUT2D eigenvalue weighted by molar-refractivity contribution is 6.27. The summed E-state index contributed by atoms with van der Waals surface area (Å²) in [6, 6.07) is 3.09. The maximum atomic E-state index is 9.10. The molecule has 0 radical (unpaired) electrons. The first-order valence-corrected chi connectivity index (χ1v) is 7.59. The van der Waals surface area contributed by atoms with Crippen LogP contribution >= 0.6 is 0 Å². The second-order valence-electron chi connectivity index (χ2n) is 5.78. The van der Waals surface area contributed by atoms with Gasteiger partial charge >= 0.3 is 11.9 Å². The summed E-state index contributed by atoms with van der Waals surface area (Å²) in [6.07, 6.45) is 7.25. The lowest BCUT2D eigenvalue weighted by atomic mass is 10.2. The Bertz CT molecular complexity index is 728. The van der Waals surface area contributed by atoms with E-state index in [0.29, 0.717) is 18.5 Å². The van der Waals surface area contributed by atoms with Crippen LogP contribution in [0.15, 0.2) is 29.3 Å². The van der Waals surface area contributed by atoms with E-state index in [1.165, 1.54) is 19.2 Å². The molecular formula is C15H16N4O6. The highest BCUT2D eigenvalue weighted by atomic mass is 16.5. The lowest BCUT2D eigenvalue weighted by Crippen LogP contribution is -2.31. The third kappa shape index (κ3) is 4.51. The van der Waals surface area contributed by atoms with Crippen LogP contribution in [0.4, 0.5) is 0 Å². The van der Waals surface area contributed by atoms with Crippen molar-refractivity contribution >= 4 is 11.9 Å². The van der Waals surface area contributed by atoms with Crippen molar-refractivity contribution in [1.82, 2.24) is 20.5 Å². The molecule has 25 heavy (non-hydrogen) atoms. The minimum Gasteiger partial charge on any atom is -0.490 e. The Morgan fingerprint density at radius 1 is 1.28 bits per heavy atom. The van der Waals surface area contributed by atoms with Crippen LogP contribution < -0.4 is 10.1 Å². The number of aromatic nitrogens is 3. The molecule has 10 heteroatoms. The molecule has 4 rings (SSSR count). The predicted octanol–water partition coefficient (Wildman–Crippen LogP) is 0.416. The van der Waals surface area contributed by atoms with Crippen LogP contribution in [-0.4, -0.2) is 56.0 Å². The second kappa shape index (κ2) is 7.26. The molecule has 3 N–H and O–H groups in total. The molecule has 2 aromatic heterocycles. The number of aliphatic carboxylic acids is 2. The van der Waals surface area contributed by atoms with E-state index in [2.05, 4.69) is 20.5 Å². The fraction of sp³-hybridized carbons (Fsp3) is 0.400. The first kappa shape index (κ1) is 16.8. The van der Waals surface area contributed by atoms with Gasteiger partial charge in [0.1, 0.15) is 12.4 Å². The molecule has 2 aliphatic rings. The van der Waals surface area contributed by atoms with Crippen molar-refractivity contribution in [3.8, 4) is 17.2 Å². The summed E-state index contributed by atoms with van der Waals surface area (Å²) in [7, 11) is 0. The lowest BCUT2D eigenvalue weighted by molar-refractivity contribution is -0.159. The molecule has 2 aromatic rings. The van der Waals surface area contributed by atoms with E-state index in [9.17, 15) is 0 Å². The molecule has 3 heterocycles. The molecule has 132 valence electrons. The number of hydrogen-bond acceptors (Lipinski definition) is 8. The molecule has 0 aromatic carbocycles. The van der Waals surface area contributed by atoms with Gasteiger partial charge in [-0.05, 0) is 24.8 Å². The summed E-state index contributed by atoms with van der Waals surface area (Å²) in [6.45, 7) is 0.683. The van der Waals surface area contributed by atoms with Crippen LogP contribution in [0.2, 0.25) is 0 Å². The zero-order valence-electron chi connectivity index (χ0n) is 13.0. The van der Waals surface area contributed by atoms with Crippen LogP contribution in [0, 0.1) is 5.92 Å². The Kier molecular flexibility index (Phi) is 4.89. The molecule has 0 bridgehead atoms. The van der Waals surface area contributed by atoms with Crippen LogP contribution in [0.3, 0.4) is 0 Å². The Hall–Kier alpha value is -3.01. The molecule has 3 atom stereocenters. The molecule has 0 amide bonds. The van der Waals surface area contributed by atoms with Gasteiger partial charge in [-0.3, -0.25) is 4.98 Å². The Labute approximate surface area is 141 Å². The topological polar surface area (TPSA) is 148 Å². The summed E-state index contributed by atoms with van der Waals surface area (Å²) < 4.78 is 10.9. The average molecular weight is 348 g/mol. The SMILES string of the molecule is O=C(O)C(=O)O.c1nnc(-c2cncc(OC[C@@H]3C[C@H]4C[C@H]4N3)c2)o1. The van der Waals surface area contributed by atoms with Crippen molar-refractivity contribution in [3.05, 3.63) is 24.9 Å². The Morgan fingerprint density at radius 2 is 2.08 bits per heavy atom. The molecule has 1 aliphatic carbocycles. The summed E-state index contributed by atoms with van der Waals surface area (Å²) in [5, 5.41) is 25.8. The summed E-state index contributed by atoms with van der Waals surface area (Å²) in [5.41, 5.74) is 0.775. The first-order valence-electron chi connectivity index (χ1n) is 7.59. The molecule has 1 aliphatic heterocycles. The van der Waals surface area contributed by atoms with Crippen LogP contribution in [-0.2, 0) is 9.59 Å².